The summed E-state index contributed by atoms with van der Waals surface area (Å²) in [7, 11) is 0. The zero-order valence-electron chi connectivity index (χ0n) is 65.7. The quantitative estimate of drug-likeness (QED) is 0.0261. The van der Waals surface area contributed by atoms with Crippen molar-refractivity contribution in [1.82, 2.24) is 0 Å². The van der Waals surface area contributed by atoms with Gasteiger partial charge in [0.2, 0.25) is 0 Å². The van der Waals surface area contributed by atoms with Crippen LogP contribution < -0.4 is 0 Å². The Bertz CT molecular complexity index is 2870. The smallest absolute Gasteiger partial charge is 0.331 e. The minimum absolute atomic E-state index is 0.0372. The highest BCUT2D eigenvalue weighted by molar-refractivity contribution is 5.87. The fourth-order valence-electron chi connectivity index (χ4n) is 14.5. The highest BCUT2D eigenvalue weighted by Gasteiger charge is 2.60. The second kappa shape index (κ2) is 48.5. The summed E-state index contributed by atoms with van der Waals surface area (Å²) in [5, 5.41) is 0. The van der Waals surface area contributed by atoms with E-state index in [4.69, 9.17) is 80.5 Å². The molecule has 5 aliphatic heterocycles. The van der Waals surface area contributed by atoms with Crippen LogP contribution in [-0.4, -0.2) is 183 Å². The van der Waals surface area contributed by atoms with Gasteiger partial charge in [0.15, 0.2) is 86.2 Å². The van der Waals surface area contributed by atoms with Crippen LogP contribution in [0.3, 0.4) is 0 Å². The molecule has 6 rings (SSSR count). The first kappa shape index (κ1) is 89.8. The van der Waals surface area contributed by atoms with E-state index < -0.39 is 177 Å². The Morgan fingerprint density at radius 1 is 0.393 bits per heavy atom. The molecule has 0 bridgehead atoms. The van der Waals surface area contributed by atoms with Gasteiger partial charge in [-0.3, -0.25) is 38.4 Å². The Morgan fingerprint density at radius 3 is 1.33 bits per heavy atom. The van der Waals surface area contributed by atoms with Crippen molar-refractivity contribution in [3.63, 3.8) is 0 Å². The molecule has 26 nitrogen and oxygen atoms in total. The summed E-state index contributed by atoms with van der Waals surface area (Å²) in [6.45, 7) is 18.5. The summed E-state index contributed by atoms with van der Waals surface area (Å²) in [5.74, 6) is -7.10. The summed E-state index contributed by atoms with van der Waals surface area (Å²) in [4.78, 5) is 124. The SMILES string of the molecule is CCCCCCCCCCCC(=O)O[C@@H]1[C@@H](OC(C)=O)[C@@H](OC(=O)/C=C/c2ccccc2)[C@H](O[C@@H]2[C@@H](OC(=O)CCCCCCCCC)[C@@H](OC(C)=O)[C@H](O[C@@H]3[C@@H](OC(C)=O)[C@H]4OC(=O)CCCCCCCCC[C@H](CCCCC)O[C@@H]5O[C@H](C)[C@H](OC(C)=O)[C@H](OC(C)=O)[C@H]5O[C@@H]4O[C@H]3C)O[C@H]2C)O[C@H]1C. The van der Waals surface area contributed by atoms with E-state index in [1.807, 2.05) is 6.07 Å². The molecule has 1 aromatic carbocycles. The number of carbonyl (C=O) groups excluding carboxylic acids is 9. The standard InChI is InChI=1S/C81H126O26/c1-13-16-19-21-23-24-28-32-39-46-62(87)101-67-52(5)92-80(75(71(67)97-57(10)84)104-65(90)50-49-60-42-36-34-37-43-60)106-69-54(7)93-79(74(99-59(12)86)73(69)102-63(88)47-40-31-26-22-20-17-14-2)105-68-53(6)94-81-76(72(68)98-58(11)85)103-64(89)48-41-33-29-25-27-30-38-45-61(44-35-18-15-3)100-78-77(107-81)70(96-56(9)83)66(51(4)91-78)95-55(8)82/h34,36-37,42-43,49-54,61,66-81H,13-33,35,38-41,44-48H2,1-12H3/b50-49+/t51-,52+,53+,54+,61+,66+,67+,68+,69+,70+,71-,72-,73-,74-,75-,76-,77-,78+,79+,80+,81+/m1/s1. The number of unbranched alkanes of at least 4 members (excludes halogenated alkanes) is 16. The lowest BCUT2D eigenvalue weighted by Crippen LogP contribution is -2.68. The van der Waals surface area contributed by atoms with Gasteiger partial charge in [-0.2, -0.15) is 0 Å². The van der Waals surface area contributed by atoms with E-state index in [-0.39, 0.29) is 25.4 Å². The zero-order chi connectivity index (χ0) is 77.8. The lowest BCUT2D eigenvalue weighted by atomic mass is 9.95. The van der Waals surface area contributed by atoms with Crippen LogP contribution >= 0.6 is 0 Å². The monoisotopic (exact) mass is 1510 g/mol. The van der Waals surface area contributed by atoms with E-state index in [2.05, 4.69) is 20.8 Å². The molecule has 0 radical (unpaired) electrons. The topological polar surface area (TPSA) is 311 Å². The molecule has 0 unspecified atom stereocenters. The van der Waals surface area contributed by atoms with Crippen LogP contribution in [0.2, 0.25) is 0 Å². The summed E-state index contributed by atoms with van der Waals surface area (Å²) in [6.07, 6.45) is -2.92. The third kappa shape index (κ3) is 30.9. The predicted molar refractivity (Wildman–Crippen MR) is 390 cm³/mol. The Labute approximate surface area is 633 Å². The van der Waals surface area contributed by atoms with Gasteiger partial charge in [-0.25, -0.2) is 4.79 Å². The molecule has 606 valence electrons. The van der Waals surface area contributed by atoms with Gasteiger partial charge in [0.1, 0.15) is 12.2 Å². The molecule has 26 heteroatoms. The number of benzene rings is 1. The van der Waals surface area contributed by atoms with Crippen molar-refractivity contribution in [3.05, 3.63) is 42.0 Å². The van der Waals surface area contributed by atoms with Crippen molar-refractivity contribution < 1.29 is 124 Å². The molecule has 5 aliphatic rings. The lowest BCUT2D eigenvalue weighted by molar-refractivity contribution is -0.388. The second-order valence-corrected chi connectivity index (χ2v) is 29.2. The first-order valence-corrected chi connectivity index (χ1v) is 40.0. The van der Waals surface area contributed by atoms with Gasteiger partial charge in [-0.15, -0.1) is 0 Å². The first-order valence-electron chi connectivity index (χ1n) is 40.0. The minimum atomic E-state index is -1.79. The number of rotatable bonds is 36. The van der Waals surface area contributed by atoms with Gasteiger partial charge in [-0.05, 0) is 71.4 Å². The van der Waals surface area contributed by atoms with Crippen molar-refractivity contribution in [2.75, 3.05) is 0 Å². The molecule has 5 fully saturated rings. The van der Waals surface area contributed by atoms with Gasteiger partial charge >= 0.3 is 53.7 Å². The molecule has 5 heterocycles. The Hall–Kier alpha value is -6.13. The molecule has 5 saturated heterocycles. The molecule has 21 atom stereocenters. The third-order valence-corrected chi connectivity index (χ3v) is 19.9. The van der Waals surface area contributed by atoms with Crippen molar-refractivity contribution in [2.45, 2.75) is 411 Å². The molecule has 0 amide bonds. The van der Waals surface area contributed by atoms with Crippen LogP contribution in [-0.2, 0) is 124 Å². The molecular formula is C81H126O26. The van der Waals surface area contributed by atoms with Crippen molar-refractivity contribution in [1.29, 1.82) is 0 Å². The normalized spacial score (nSPS) is 31.0. The van der Waals surface area contributed by atoms with Crippen molar-refractivity contribution >= 4 is 59.8 Å². The third-order valence-electron chi connectivity index (χ3n) is 19.9. The molecule has 0 spiro atoms. The zero-order valence-corrected chi connectivity index (χ0v) is 65.7. The summed E-state index contributed by atoms with van der Waals surface area (Å²) in [5.41, 5.74) is 0.646. The van der Waals surface area contributed by atoms with Gasteiger partial charge < -0.3 is 80.5 Å². The second-order valence-electron chi connectivity index (χ2n) is 29.2. The fraction of sp³-hybridized carbons (Fsp3) is 0.790. The number of hydrogen-bond acceptors (Lipinski definition) is 26. The van der Waals surface area contributed by atoms with E-state index in [0.717, 1.165) is 149 Å². The van der Waals surface area contributed by atoms with Gasteiger partial charge in [0.25, 0.3) is 0 Å². The molecular weight excluding hydrogens is 1390 g/mol. The molecule has 107 heavy (non-hydrogen) atoms. The maximum Gasteiger partial charge on any atom is 0.331 e. The van der Waals surface area contributed by atoms with Crippen LogP contribution in [0.5, 0.6) is 0 Å². The fourth-order valence-corrected chi connectivity index (χ4v) is 14.5. The number of esters is 9. The van der Waals surface area contributed by atoms with Crippen LogP contribution in [0.15, 0.2) is 36.4 Å². The first-order chi connectivity index (χ1) is 51.4. The van der Waals surface area contributed by atoms with Crippen LogP contribution in [0.4, 0.5) is 0 Å². The molecule has 0 N–H and O–H groups in total. The highest BCUT2D eigenvalue weighted by atomic mass is 16.8. The largest absolute Gasteiger partial charge is 0.456 e. The van der Waals surface area contributed by atoms with Gasteiger partial charge in [0, 0.05) is 60.0 Å². The Morgan fingerprint density at radius 2 is 0.785 bits per heavy atom. The number of ether oxygens (including phenoxy) is 17. The summed E-state index contributed by atoms with van der Waals surface area (Å²) in [6, 6.07) is 8.91. The molecule has 0 aromatic heterocycles. The Balaban J connectivity index is 1.42. The predicted octanol–water partition coefficient (Wildman–Crippen LogP) is 13.7. The van der Waals surface area contributed by atoms with Gasteiger partial charge in [-0.1, -0.05) is 199 Å². The van der Waals surface area contributed by atoms with Crippen molar-refractivity contribution in [2.24, 2.45) is 0 Å². The van der Waals surface area contributed by atoms with Crippen LogP contribution in [0.25, 0.3) is 6.08 Å². The Kier molecular flexibility index (Phi) is 40.7. The maximum atomic E-state index is 14.6. The van der Waals surface area contributed by atoms with Crippen molar-refractivity contribution in [3.8, 4) is 0 Å². The average molecular weight is 1520 g/mol. The van der Waals surface area contributed by atoms with E-state index >= 15 is 0 Å². The lowest BCUT2D eigenvalue weighted by Gasteiger charge is -2.51. The van der Waals surface area contributed by atoms with E-state index in [1.54, 1.807) is 52.0 Å². The van der Waals surface area contributed by atoms with Crippen LogP contribution in [0, 0.1) is 0 Å². The number of fused-ring (bicyclic) bond motifs is 2. The number of carbonyl (C=O) groups is 9. The summed E-state index contributed by atoms with van der Waals surface area (Å²) >= 11 is 0. The van der Waals surface area contributed by atoms with E-state index in [1.165, 1.54) is 32.8 Å². The number of hydrogen-bond donors (Lipinski definition) is 0. The molecule has 0 aliphatic carbocycles. The maximum absolute atomic E-state index is 14.6. The molecule has 1 aromatic rings. The van der Waals surface area contributed by atoms with Crippen LogP contribution in [0.1, 0.15) is 288 Å². The highest BCUT2D eigenvalue weighted by Crippen LogP contribution is 2.41. The molecule has 0 saturated carbocycles. The summed E-state index contributed by atoms with van der Waals surface area (Å²) < 4.78 is 110. The van der Waals surface area contributed by atoms with E-state index in [9.17, 15) is 43.2 Å². The minimum Gasteiger partial charge on any atom is -0.456 e. The van der Waals surface area contributed by atoms with Gasteiger partial charge in [0.05, 0.1) is 30.5 Å². The van der Waals surface area contributed by atoms with E-state index in [0.29, 0.717) is 50.5 Å². The average Bonchev–Trinajstić information content (AvgIpc) is 0.765.